The Kier molecular flexibility index (Phi) is 6.57. The summed E-state index contributed by atoms with van der Waals surface area (Å²) in [6.07, 6.45) is 3.68. The maximum absolute atomic E-state index is 11.2. The van der Waals surface area contributed by atoms with E-state index in [0.717, 1.165) is 19.3 Å². The molecule has 3 nitrogen and oxygen atoms in total. The summed E-state index contributed by atoms with van der Waals surface area (Å²) in [4.78, 5) is 11.2. The Hall–Kier alpha value is -1.35. The standard InChI is InChI=1S/C16H25NO2/c1-4-12(2)14-10-8-13(9-11-14)6-5-7-15(17)16(18)19-3/h8-12,15H,4-7,17H2,1-3H3. The second-order valence-corrected chi connectivity index (χ2v) is 5.07. The van der Waals surface area contributed by atoms with Gasteiger partial charge in [0, 0.05) is 0 Å². The Balaban J connectivity index is 2.40. The summed E-state index contributed by atoms with van der Waals surface area (Å²) in [5.41, 5.74) is 8.38. The molecule has 0 spiro atoms. The van der Waals surface area contributed by atoms with Crippen LogP contribution in [0.25, 0.3) is 0 Å². The van der Waals surface area contributed by atoms with Crippen molar-refractivity contribution in [1.29, 1.82) is 0 Å². The van der Waals surface area contributed by atoms with Crippen LogP contribution in [0.1, 0.15) is 50.2 Å². The van der Waals surface area contributed by atoms with Crippen molar-refractivity contribution in [3.05, 3.63) is 35.4 Å². The van der Waals surface area contributed by atoms with Crippen LogP contribution in [-0.4, -0.2) is 19.1 Å². The number of ether oxygens (including phenoxy) is 1. The van der Waals surface area contributed by atoms with Crippen molar-refractivity contribution in [3.63, 3.8) is 0 Å². The molecule has 0 aliphatic carbocycles. The number of hydrogen-bond acceptors (Lipinski definition) is 3. The third-order valence-electron chi connectivity index (χ3n) is 3.65. The van der Waals surface area contributed by atoms with Crippen LogP contribution < -0.4 is 5.73 Å². The number of nitrogens with two attached hydrogens (primary N) is 1. The maximum Gasteiger partial charge on any atom is 0.322 e. The van der Waals surface area contributed by atoms with Gasteiger partial charge in [-0.3, -0.25) is 4.79 Å². The van der Waals surface area contributed by atoms with Crippen molar-refractivity contribution in [2.45, 2.75) is 51.5 Å². The molecule has 1 aromatic carbocycles. The van der Waals surface area contributed by atoms with Gasteiger partial charge in [0.1, 0.15) is 6.04 Å². The molecule has 0 fully saturated rings. The largest absolute Gasteiger partial charge is 0.468 e. The van der Waals surface area contributed by atoms with E-state index in [1.807, 2.05) is 0 Å². The van der Waals surface area contributed by atoms with Crippen LogP contribution in [0.2, 0.25) is 0 Å². The number of methoxy groups -OCH3 is 1. The van der Waals surface area contributed by atoms with Gasteiger partial charge in [-0.1, -0.05) is 38.1 Å². The van der Waals surface area contributed by atoms with E-state index in [9.17, 15) is 4.79 Å². The zero-order valence-electron chi connectivity index (χ0n) is 12.2. The average molecular weight is 263 g/mol. The molecule has 2 N–H and O–H groups in total. The van der Waals surface area contributed by atoms with Crippen LogP contribution in [0.4, 0.5) is 0 Å². The molecule has 2 atom stereocenters. The van der Waals surface area contributed by atoms with E-state index in [2.05, 4.69) is 42.8 Å². The lowest BCUT2D eigenvalue weighted by Crippen LogP contribution is -2.31. The molecule has 0 saturated heterocycles. The molecule has 1 rings (SSSR count). The van der Waals surface area contributed by atoms with Crippen LogP contribution in [0.3, 0.4) is 0 Å². The van der Waals surface area contributed by atoms with Crippen LogP contribution in [0.15, 0.2) is 24.3 Å². The summed E-state index contributed by atoms with van der Waals surface area (Å²) < 4.78 is 4.61. The quantitative estimate of drug-likeness (QED) is 0.769. The van der Waals surface area contributed by atoms with Crippen molar-refractivity contribution >= 4 is 5.97 Å². The fraction of sp³-hybridized carbons (Fsp3) is 0.562. The molecule has 1 aromatic rings. The van der Waals surface area contributed by atoms with Crippen LogP contribution in [0, 0.1) is 0 Å². The highest BCUT2D eigenvalue weighted by molar-refractivity contribution is 5.75. The zero-order valence-corrected chi connectivity index (χ0v) is 12.2. The van der Waals surface area contributed by atoms with E-state index in [1.165, 1.54) is 18.2 Å². The van der Waals surface area contributed by atoms with Crippen molar-refractivity contribution in [2.75, 3.05) is 7.11 Å². The van der Waals surface area contributed by atoms with E-state index < -0.39 is 6.04 Å². The molecule has 3 heteroatoms. The zero-order chi connectivity index (χ0) is 14.3. The molecule has 0 aromatic heterocycles. The summed E-state index contributed by atoms with van der Waals surface area (Å²) in [6.45, 7) is 4.44. The molecule has 0 saturated carbocycles. The van der Waals surface area contributed by atoms with Gasteiger partial charge < -0.3 is 10.5 Å². The van der Waals surface area contributed by atoms with Gasteiger partial charge in [0.05, 0.1) is 7.11 Å². The fourth-order valence-electron chi connectivity index (χ4n) is 2.04. The number of hydrogen-bond donors (Lipinski definition) is 1. The minimum atomic E-state index is -0.496. The first-order chi connectivity index (χ1) is 9.08. The number of esters is 1. The molecule has 0 aliphatic rings. The first kappa shape index (κ1) is 15.7. The van der Waals surface area contributed by atoms with E-state index >= 15 is 0 Å². The van der Waals surface area contributed by atoms with Gasteiger partial charge in [-0.15, -0.1) is 0 Å². The lowest BCUT2D eigenvalue weighted by molar-refractivity contribution is -0.142. The van der Waals surface area contributed by atoms with Gasteiger partial charge in [0.15, 0.2) is 0 Å². The van der Waals surface area contributed by atoms with Crippen molar-refractivity contribution in [1.82, 2.24) is 0 Å². The lowest BCUT2D eigenvalue weighted by atomic mass is 9.96. The summed E-state index contributed by atoms with van der Waals surface area (Å²) in [6, 6.07) is 8.24. The van der Waals surface area contributed by atoms with Gasteiger partial charge in [0.2, 0.25) is 0 Å². The predicted molar refractivity (Wildman–Crippen MR) is 78.1 cm³/mol. The molecule has 0 aliphatic heterocycles. The van der Waals surface area contributed by atoms with Gasteiger partial charge in [-0.05, 0) is 42.7 Å². The van der Waals surface area contributed by atoms with Crippen LogP contribution in [-0.2, 0) is 16.0 Å². The predicted octanol–water partition coefficient (Wildman–Crippen LogP) is 3.02. The lowest BCUT2D eigenvalue weighted by Gasteiger charge is -2.11. The molecule has 0 heterocycles. The van der Waals surface area contributed by atoms with Crippen molar-refractivity contribution in [2.24, 2.45) is 5.73 Å². The average Bonchev–Trinajstić information content (AvgIpc) is 2.46. The summed E-state index contributed by atoms with van der Waals surface area (Å²) in [5.74, 6) is 0.286. The molecular weight excluding hydrogens is 238 g/mol. The number of aryl methyl sites for hydroxylation is 1. The number of carbonyl (C=O) groups excluding carboxylic acids is 1. The highest BCUT2D eigenvalue weighted by Crippen LogP contribution is 2.19. The molecule has 2 unspecified atom stereocenters. The Labute approximate surface area is 116 Å². The molecule has 0 bridgehead atoms. The van der Waals surface area contributed by atoms with Gasteiger partial charge in [0.25, 0.3) is 0 Å². The first-order valence-electron chi connectivity index (χ1n) is 7.00. The third-order valence-corrected chi connectivity index (χ3v) is 3.65. The third kappa shape index (κ3) is 5.03. The van der Waals surface area contributed by atoms with E-state index in [1.54, 1.807) is 0 Å². The highest BCUT2D eigenvalue weighted by Gasteiger charge is 2.12. The highest BCUT2D eigenvalue weighted by atomic mass is 16.5. The van der Waals surface area contributed by atoms with E-state index in [-0.39, 0.29) is 5.97 Å². The first-order valence-corrected chi connectivity index (χ1v) is 7.00. The molecule has 0 amide bonds. The maximum atomic E-state index is 11.2. The van der Waals surface area contributed by atoms with Gasteiger partial charge in [-0.2, -0.15) is 0 Å². The Morgan fingerprint density at radius 2 is 1.95 bits per heavy atom. The minimum Gasteiger partial charge on any atom is -0.468 e. The second kappa shape index (κ2) is 7.95. The van der Waals surface area contributed by atoms with Crippen LogP contribution >= 0.6 is 0 Å². The normalized spacial score (nSPS) is 13.9. The smallest absolute Gasteiger partial charge is 0.322 e. The Bertz CT molecular complexity index is 386. The topological polar surface area (TPSA) is 52.3 Å². The minimum absolute atomic E-state index is 0.327. The monoisotopic (exact) mass is 263 g/mol. The Morgan fingerprint density at radius 3 is 2.47 bits per heavy atom. The molecule has 0 radical (unpaired) electrons. The fourth-order valence-corrected chi connectivity index (χ4v) is 2.04. The van der Waals surface area contributed by atoms with Crippen LogP contribution in [0.5, 0.6) is 0 Å². The summed E-state index contributed by atoms with van der Waals surface area (Å²) in [7, 11) is 1.37. The molecule has 19 heavy (non-hydrogen) atoms. The van der Waals surface area contributed by atoms with Crippen molar-refractivity contribution < 1.29 is 9.53 Å². The van der Waals surface area contributed by atoms with Crippen molar-refractivity contribution in [3.8, 4) is 0 Å². The molecular formula is C16H25NO2. The van der Waals surface area contributed by atoms with Gasteiger partial charge >= 0.3 is 5.97 Å². The number of carbonyl (C=O) groups is 1. The number of benzene rings is 1. The Morgan fingerprint density at radius 1 is 1.32 bits per heavy atom. The molecule has 106 valence electrons. The van der Waals surface area contributed by atoms with E-state index in [0.29, 0.717) is 12.3 Å². The number of rotatable bonds is 7. The van der Waals surface area contributed by atoms with Gasteiger partial charge in [-0.25, -0.2) is 0 Å². The van der Waals surface area contributed by atoms with E-state index in [4.69, 9.17) is 5.73 Å². The SMILES string of the molecule is CCC(C)c1ccc(CCCC(N)C(=O)OC)cc1. The summed E-state index contributed by atoms with van der Waals surface area (Å²) >= 11 is 0. The second-order valence-electron chi connectivity index (χ2n) is 5.07. The summed E-state index contributed by atoms with van der Waals surface area (Å²) in [5, 5.41) is 0.